The lowest BCUT2D eigenvalue weighted by Crippen LogP contribution is -2.33. The Morgan fingerprint density at radius 2 is 1.93 bits per heavy atom. The molecule has 84 valence electrons. The van der Waals surface area contributed by atoms with Gasteiger partial charge in [-0.1, -0.05) is 46.3 Å². The van der Waals surface area contributed by atoms with Crippen molar-refractivity contribution in [2.45, 2.75) is 18.8 Å². The fourth-order valence-corrected chi connectivity index (χ4v) is 1.58. The first kappa shape index (κ1) is 12.6. The SMILES string of the molecule is OCC(OCc1ccccc1)C(O)CBr. The molecule has 0 spiro atoms. The number of benzene rings is 1. The number of aliphatic hydroxyl groups excluding tert-OH is 2. The van der Waals surface area contributed by atoms with Crippen molar-refractivity contribution in [1.82, 2.24) is 0 Å². The molecule has 0 fully saturated rings. The van der Waals surface area contributed by atoms with Gasteiger partial charge in [0.15, 0.2) is 0 Å². The molecular weight excluding hydrogens is 260 g/mol. The smallest absolute Gasteiger partial charge is 0.108 e. The highest BCUT2D eigenvalue weighted by Crippen LogP contribution is 2.07. The van der Waals surface area contributed by atoms with E-state index < -0.39 is 12.2 Å². The Balaban J connectivity index is 2.41. The summed E-state index contributed by atoms with van der Waals surface area (Å²) >= 11 is 3.14. The molecule has 0 bridgehead atoms. The first-order chi connectivity index (χ1) is 7.27. The van der Waals surface area contributed by atoms with Gasteiger partial charge in [-0.25, -0.2) is 0 Å². The third-order valence-corrected chi connectivity index (χ3v) is 2.74. The van der Waals surface area contributed by atoms with E-state index in [-0.39, 0.29) is 6.61 Å². The number of ether oxygens (including phenoxy) is 1. The Morgan fingerprint density at radius 3 is 2.47 bits per heavy atom. The van der Waals surface area contributed by atoms with Crippen LogP contribution in [0.3, 0.4) is 0 Å². The van der Waals surface area contributed by atoms with Crippen molar-refractivity contribution in [2.75, 3.05) is 11.9 Å². The normalized spacial score (nSPS) is 14.9. The van der Waals surface area contributed by atoms with E-state index in [1.165, 1.54) is 0 Å². The first-order valence-electron chi connectivity index (χ1n) is 4.78. The van der Waals surface area contributed by atoms with Crippen molar-refractivity contribution in [3.05, 3.63) is 35.9 Å². The second-order valence-electron chi connectivity index (χ2n) is 3.24. The molecule has 0 aromatic heterocycles. The average Bonchev–Trinajstić information content (AvgIpc) is 2.31. The van der Waals surface area contributed by atoms with Crippen LogP contribution in [0.15, 0.2) is 30.3 Å². The molecule has 0 aliphatic rings. The molecule has 1 aromatic rings. The Morgan fingerprint density at radius 1 is 1.27 bits per heavy atom. The number of rotatable bonds is 6. The number of aliphatic hydroxyl groups is 2. The molecule has 2 N–H and O–H groups in total. The summed E-state index contributed by atoms with van der Waals surface area (Å²) in [6.45, 7) is 0.218. The lowest BCUT2D eigenvalue weighted by atomic mass is 10.2. The Bertz CT molecular complexity index is 266. The van der Waals surface area contributed by atoms with Gasteiger partial charge in [-0.3, -0.25) is 0 Å². The van der Waals surface area contributed by atoms with E-state index >= 15 is 0 Å². The van der Waals surface area contributed by atoms with Gasteiger partial charge in [0, 0.05) is 5.33 Å². The van der Waals surface area contributed by atoms with Crippen LogP contribution in [0.4, 0.5) is 0 Å². The fraction of sp³-hybridized carbons (Fsp3) is 0.455. The lowest BCUT2D eigenvalue weighted by molar-refractivity contribution is -0.0617. The topological polar surface area (TPSA) is 49.7 Å². The van der Waals surface area contributed by atoms with Gasteiger partial charge in [0.05, 0.1) is 19.3 Å². The Hall–Kier alpha value is -0.420. The van der Waals surface area contributed by atoms with Gasteiger partial charge in [-0.15, -0.1) is 0 Å². The molecule has 1 rings (SSSR count). The summed E-state index contributed by atoms with van der Waals surface area (Å²) in [5.74, 6) is 0. The summed E-state index contributed by atoms with van der Waals surface area (Å²) in [5.41, 5.74) is 1.03. The molecule has 0 aliphatic carbocycles. The van der Waals surface area contributed by atoms with Gasteiger partial charge in [-0.2, -0.15) is 0 Å². The van der Waals surface area contributed by atoms with E-state index in [0.717, 1.165) is 5.56 Å². The zero-order valence-electron chi connectivity index (χ0n) is 8.34. The van der Waals surface area contributed by atoms with Crippen LogP contribution in [-0.2, 0) is 11.3 Å². The molecule has 2 unspecified atom stereocenters. The van der Waals surface area contributed by atoms with Gasteiger partial charge in [-0.05, 0) is 5.56 Å². The second kappa shape index (κ2) is 6.95. The van der Waals surface area contributed by atoms with Crippen molar-refractivity contribution < 1.29 is 14.9 Å². The number of alkyl halides is 1. The van der Waals surface area contributed by atoms with Gasteiger partial charge < -0.3 is 14.9 Å². The summed E-state index contributed by atoms with van der Waals surface area (Å²) in [7, 11) is 0. The molecule has 3 nitrogen and oxygen atoms in total. The van der Waals surface area contributed by atoms with Crippen LogP contribution in [0.25, 0.3) is 0 Å². The largest absolute Gasteiger partial charge is 0.394 e. The van der Waals surface area contributed by atoms with Crippen molar-refractivity contribution >= 4 is 15.9 Å². The van der Waals surface area contributed by atoms with Gasteiger partial charge >= 0.3 is 0 Å². The van der Waals surface area contributed by atoms with E-state index in [2.05, 4.69) is 15.9 Å². The van der Waals surface area contributed by atoms with E-state index in [1.807, 2.05) is 30.3 Å². The molecule has 0 saturated heterocycles. The van der Waals surface area contributed by atoms with Crippen LogP contribution in [0.1, 0.15) is 5.56 Å². The third kappa shape index (κ3) is 4.30. The molecule has 0 aliphatic heterocycles. The molecule has 0 radical (unpaired) electrons. The van der Waals surface area contributed by atoms with Crippen molar-refractivity contribution in [1.29, 1.82) is 0 Å². The lowest BCUT2D eigenvalue weighted by Gasteiger charge is -2.19. The van der Waals surface area contributed by atoms with Crippen LogP contribution in [0.2, 0.25) is 0 Å². The Kier molecular flexibility index (Phi) is 5.86. The maximum Gasteiger partial charge on any atom is 0.108 e. The first-order valence-corrected chi connectivity index (χ1v) is 5.90. The third-order valence-electron chi connectivity index (χ3n) is 2.07. The van der Waals surface area contributed by atoms with Crippen LogP contribution in [-0.4, -0.2) is 34.4 Å². The van der Waals surface area contributed by atoms with E-state index in [9.17, 15) is 5.11 Å². The van der Waals surface area contributed by atoms with E-state index in [0.29, 0.717) is 11.9 Å². The highest BCUT2D eigenvalue weighted by Gasteiger charge is 2.17. The minimum atomic E-state index is -0.682. The molecular formula is C11H15BrO3. The number of hydrogen-bond donors (Lipinski definition) is 2. The maximum atomic E-state index is 9.46. The van der Waals surface area contributed by atoms with Crippen LogP contribution in [0, 0.1) is 0 Å². The molecule has 15 heavy (non-hydrogen) atoms. The van der Waals surface area contributed by atoms with Crippen molar-refractivity contribution in [3.8, 4) is 0 Å². The minimum absolute atomic E-state index is 0.181. The van der Waals surface area contributed by atoms with Crippen LogP contribution in [0.5, 0.6) is 0 Å². The highest BCUT2D eigenvalue weighted by molar-refractivity contribution is 9.09. The zero-order valence-corrected chi connectivity index (χ0v) is 9.93. The second-order valence-corrected chi connectivity index (χ2v) is 3.89. The quantitative estimate of drug-likeness (QED) is 0.770. The van der Waals surface area contributed by atoms with Crippen molar-refractivity contribution in [2.24, 2.45) is 0 Å². The monoisotopic (exact) mass is 274 g/mol. The molecule has 0 saturated carbocycles. The van der Waals surface area contributed by atoms with E-state index in [1.54, 1.807) is 0 Å². The van der Waals surface area contributed by atoms with Gasteiger partial charge in [0.25, 0.3) is 0 Å². The van der Waals surface area contributed by atoms with Crippen LogP contribution < -0.4 is 0 Å². The summed E-state index contributed by atoms with van der Waals surface area (Å²) in [6, 6.07) is 9.66. The number of hydrogen-bond acceptors (Lipinski definition) is 3. The summed E-state index contributed by atoms with van der Waals surface area (Å²) in [5, 5.41) is 18.9. The predicted octanol–water partition coefficient (Wildman–Crippen LogP) is 1.32. The zero-order chi connectivity index (χ0) is 11.1. The number of halogens is 1. The summed E-state index contributed by atoms with van der Waals surface area (Å²) in [4.78, 5) is 0. The average molecular weight is 275 g/mol. The van der Waals surface area contributed by atoms with Gasteiger partial charge in [0.2, 0.25) is 0 Å². The van der Waals surface area contributed by atoms with Crippen LogP contribution >= 0.6 is 15.9 Å². The summed E-state index contributed by atoms with van der Waals surface area (Å²) < 4.78 is 5.40. The maximum absolute atomic E-state index is 9.46. The molecule has 0 heterocycles. The van der Waals surface area contributed by atoms with Gasteiger partial charge in [0.1, 0.15) is 6.10 Å². The minimum Gasteiger partial charge on any atom is -0.394 e. The molecule has 0 amide bonds. The predicted molar refractivity (Wildman–Crippen MR) is 61.9 cm³/mol. The molecule has 1 aromatic carbocycles. The molecule has 2 atom stereocenters. The highest BCUT2D eigenvalue weighted by atomic mass is 79.9. The standard InChI is InChI=1S/C11H15BrO3/c12-6-10(14)11(7-13)15-8-9-4-2-1-3-5-9/h1-5,10-11,13-14H,6-8H2. The molecule has 4 heteroatoms. The Labute approximate surface area is 97.8 Å². The fourth-order valence-electron chi connectivity index (χ4n) is 1.16. The van der Waals surface area contributed by atoms with Crippen molar-refractivity contribution in [3.63, 3.8) is 0 Å². The summed E-state index contributed by atoms with van der Waals surface area (Å²) in [6.07, 6.45) is -1.22. The van der Waals surface area contributed by atoms with E-state index in [4.69, 9.17) is 9.84 Å².